The maximum atomic E-state index is 13.4. The number of nitrogens with zero attached hydrogens (tertiary/aromatic N) is 2. The van der Waals surface area contributed by atoms with Crippen LogP contribution in [0.25, 0.3) is 22.3 Å². The first-order valence-electron chi connectivity index (χ1n) is 11.0. The molecule has 2 aromatic heterocycles. The average Bonchev–Trinajstić information content (AvgIpc) is 2.86. The number of nitriles is 1. The monoisotopic (exact) mass is 485 g/mol. The van der Waals surface area contributed by atoms with Crippen LogP contribution in [0, 0.1) is 30.6 Å². The molecule has 0 fully saturated rings. The van der Waals surface area contributed by atoms with Crippen LogP contribution in [0.1, 0.15) is 40.9 Å². The van der Waals surface area contributed by atoms with Crippen molar-refractivity contribution < 1.29 is 4.42 Å². The smallest absolute Gasteiger partial charge is 0.196 e. The Hall–Kier alpha value is -4.15. The van der Waals surface area contributed by atoms with Crippen molar-refractivity contribution in [3.63, 3.8) is 0 Å². The quantitative estimate of drug-likeness (QED) is 0.221. The number of benzene rings is 2. The lowest BCUT2D eigenvalue weighted by Gasteiger charge is -2.19. The van der Waals surface area contributed by atoms with Gasteiger partial charge < -0.3 is 20.5 Å². The molecule has 1 unspecified atom stereocenters. The highest BCUT2D eigenvalue weighted by Gasteiger charge is 2.20. The van der Waals surface area contributed by atoms with Crippen LogP contribution in [0.15, 0.2) is 51.7 Å². The first-order valence-corrected chi connectivity index (χ1v) is 11.4. The average molecular weight is 486 g/mol. The molecule has 0 saturated carbocycles. The Kier molecular flexibility index (Phi) is 6.59. The second-order valence-electron chi connectivity index (χ2n) is 8.32. The number of pyridine rings is 1. The van der Waals surface area contributed by atoms with Crippen molar-refractivity contribution in [1.82, 2.24) is 4.98 Å². The van der Waals surface area contributed by atoms with Crippen molar-refractivity contribution in [2.45, 2.75) is 26.8 Å². The molecular weight excluding hydrogens is 462 g/mol. The molecule has 7 nitrogen and oxygen atoms in total. The van der Waals surface area contributed by atoms with E-state index in [-0.39, 0.29) is 22.3 Å². The Labute approximate surface area is 207 Å². The van der Waals surface area contributed by atoms with E-state index in [4.69, 9.17) is 21.4 Å². The number of fused-ring (bicyclic) bond motifs is 1. The highest BCUT2D eigenvalue weighted by atomic mass is 35.5. The number of anilines is 2. The summed E-state index contributed by atoms with van der Waals surface area (Å²) in [5, 5.41) is 24.3. The van der Waals surface area contributed by atoms with E-state index < -0.39 is 0 Å². The van der Waals surface area contributed by atoms with Gasteiger partial charge in [-0.05, 0) is 62.7 Å². The molecular formula is C27H24ClN5O2. The number of aryl methyl sites for hydroxylation is 1. The van der Waals surface area contributed by atoms with E-state index in [0.717, 1.165) is 16.8 Å². The second kappa shape index (κ2) is 9.61. The van der Waals surface area contributed by atoms with Gasteiger partial charge in [-0.2, -0.15) is 5.26 Å². The molecule has 0 aliphatic rings. The van der Waals surface area contributed by atoms with E-state index in [2.05, 4.69) is 21.7 Å². The summed E-state index contributed by atoms with van der Waals surface area (Å²) in [6.07, 6.45) is 1.26. The van der Waals surface area contributed by atoms with Crippen LogP contribution in [0.3, 0.4) is 0 Å². The lowest BCUT2D eigenvalue weighted by molar-refractivity contribution is 0.605. The fourth-order valence-corrected chi connectivity index (χ4v) is 4.31. The molecule has 0 aliphatic carbocycles. The fourth-order valence-electron chi connectivity index (χ4n) is 4.16. The van der Waals surface area contributed by atoms with Crippen molar-refractivity contribution in [3.05, 3.63) is 85.8 Å². The summed E-state index contributed by atoms with van der Waals surface area (Å²) >= 11 is 5.94. The Morgan fingerprint density at radius 2 is 1.91 bits per heavy atom. The Morgan fingerprint density at radius 1 is 1.17 bits per heavy atom. The van der Waals surface area contributed by atoms with Gasteiger partial charge in [0.1, 0.15) is 22.6 Å². The van der Waals surface area contributed by atoms with Crippen molar-refractivity contribution in [2.24, 2.45) is 0 Å². The predicted molar refractivity (Wildman–Crippen MR) is 141 cm³/mol. The molecule has 4 aromatic rings. The Balaban J connectivity index is 1.90. The molecule has 0 aliphatic heterocycles. The zero-order valence-corrected chi connectivity index (χ0v) is 20.5. The van der Waals surface area contributed by atoms with Crippen molar-refractivity contribution in [2.75, 3.05) is 17.7 Å². The van der Waals surface area contributed by atoms with Crippen molar-refractivity contribution in [1.29, 1.82) is 10.7 Å². The van der Waals surface area contributed by atoms with Gasteiger partial charge in [-0.15, -0.1) is 0 Å². The highest BCUT2D eigenvalue weighted by Crippen LogP contribution is 2.33. The number of halogens is 1. The van der Waals surface area contributed by atoms with Crippen LogP contribution in [0.4, 0.5) is 11.4 Å². The molecule has 0 radical (unpaired) electrons. The summed E-state index contributed by atoms with van der Waals surface area (Å²) in [4.78, 5) is 17.5. The second-order valence-corrected chi connectivity index (χ2v) is 8.71. The molecule has 35 heavy (non-hydrogen) atoms. The standard InChI is InChI=1S/C27H24ClN5O2/c1-14-9-19(16(3)32-22-7-8-24(28)33-23(22)13-30)27-20(10-14)25(34)15(2)26(35-27)17-5-6-21(31-4)18(11-17)12-29/h5-12,16,29,31-32H,1-4H3. The minimum Gasteiger partial charge on any atom is -0.455 e. The maximum Gasteiger partial charge on any atom is 0.196 e. The first-order chi connectivity index (χ1) is 16.8. The molecule has 4 rings (SSSR count). The van der Waals surface area contributed by atoms with Gasteiger partial charge in [-0.1, -0.05) is 17.7 Å². The molecule has 0 amide bonds. The lowest BCUT2D eigenvalue weighted by atomic mass is 9.98. The molecule has 1 atom stereocenters. The third-order valence-corrected chi connectivity index (χ3v) is 6.15. The third-order valence-electron chi connectivity index (χ3n) is 5.94. The minimum atomic E-state index is -0.310. The zero-order valence-electron chi connectivity index (χ0n) is 19.8. The fraction of sp³-hybridized carbons (Fsp3) is 0.185. The Bertz CT molecular complexity index is 1570. The predicted octanol–water partition coefficient (Wildman–Crippen LogP) is 6.21. The molecule has 2 aromatic carbocycles. The van der Waals surface area contributed by atoms with E-state index in [1.165, 1.54) is 6.21 Å². The zero-order chi connectivity index (χ0) is 25.3. The molecule has 2 heterocycles. The van der Waals surface area contributed by atoms with Gasteiger partial charge in [-0.3, -0.25) is 4.79 Å². The van der Waals surface area contributed by atoms with E-state index >= 15 is 0 Å². The molecule has 3 N–H and O–H groups in total. The molecule has 0 bridgehead atoms. The van der Waals surface area contributed by atoms with Gasteiger partial charge in [-0.25, -0.2) is 4.98 Å². The molecule has 0 saturated heterocycles. The summed E-state index contributed by atoms with van der Waals surface area (Å²) in [6.45, 7) is 5.60. The van der Waals surface area contributed by atoms with Crippen molar-refractivity contribution in [3.8, 4) is 17.4 Å². The minimum absolute atomic E-state index is 0.113. The Morgan fingerprint density at radius 3 is 2.60 bits per heavy atom. The maximum absolute atomic E-state index is 13.4. The normalized spacial score (nSPS) is 11.7. The molecule has 176 valence electrons. The number of nitrogens with one attached hydrogen (secondary N) is 3. The van der Waals surface area contributed by atoms with Gasteiger partial charge in [0.15, 0.2) is 11.1 Å². The largest absolute Gasteiger partial charge is 0.455 e. The molecule has 8 heteroatoms. The number of aromatic nitrogens is 1. The number of hydrogen-bond acceptors (Lipinski definition) is 7. The first kappa shape index (κ1) is 24.0. The third kappa shape index (κ3) is 4.48. The number of rotatable bonds is 6. The van der Waals surface area contributed by atoms with Gasteiger partial charge in [0.25, 0.3) is 0 Å². The van der Waals surface area contributed by atoms with Crippen LogP contribution in [-0.2, 0) is 0 Å². The van der Waals surface area contributed by atoms with Crippen LogP contribution >= 0.6 is 11.6 Å². The van der Waals surface area contributed by atoms with Gasteiger partial charge >= 0.3 is 0 Å². The van der Waals surface area contributed by atoms with Gasteiger partial charge in [0.05, 0.1) is 17.1 Å². The van der Waals surface area contributed by atoms with E-state index in [1.54, 1.807) is 26.1 Å². The van der Waals surface area contributed by atoms with Gasteiger partial charge in [0, 0.05) is 41.2 Å². The molecule has 0 spiro atoms. The van der Waals surface area contributed by atoms with Crippen molar-refractivity contribution >= 4 is 40.2 Å². The van der Waals surface area contributed by atoms with E-state index in [0.29, 0.717) is 39.1 Å². The van der Waals surface area contributed by atoms with Crippen LogP contribution in [0.5, 0.6) is 0 Å². The number of hydrogen-bond donors (Lipinski definition) is 3. The summed E-state index contributed by atoms with van der Waals surface area (Å²) in [5.41, 5.74) is 5.46. The highest BCUT2D eigenvalue weighted by molar-refractivity contribution is 6.29. The summed E-state index contributed by atoms with van der Waals surface area (Å²) in [5.74, 6) is 0.455. The van der Waals surface area contributed by atoms with E-state index in [1.807, 2.05) is 44.2 Å². The SMILES string of the molecule is CNc1ccc(-c2oc3c(C(C)Nc4ccc(Cl)nc4C#N)cc(C)cc3c(=O)c2C)cc1C=N. The van der Waals surface area contributed by atoms with Crippen LogP contribution in [0.2, 0.25) is 5.15 Å². The van der Waals surface area contributed by atoms with Gasteiger partial charge in [0.2, 0.25) is 0 Å². The van der Waals surface area contributed by atoms with Crippen LogP contribution < -0.4 is 16.1 Å². The summed E-state index contributed by atoms with van der Waals surface area (Å²) in [7, 11) is 1.79. The van der Waals surface area contributed by atoms with E-state index in [9.17, 15) is 10.1 Å². The topological polar surface area (TPSA) is 115 Å². The van der Waals surface area contributed by atoms with Crippen LogP contribution in [-0.4, -0.2) is 18.2 Å². The summed E-state index contributed by atoms with van der Waals surface area (Å²) < 4.78 is 6.42. The summed E-state index contributed by atoms with van der Waals surface area (Å²) in [6, 6.07) is 14.4. The lowest BCUT2D eigenvalue weighted by Crippen LogP contribution is -2.13.